The Kier molecular flexibility index (Phi) is 2.89. The van der Waals surface area contributed by atoms with Gasteiger partial charge in [-0.05, 0) is 54.4 Å². The first-order valence-corrected chi connectivity index (χ1v) is 7.09. The zero-order valence-electron chi connectivity index (χ0n) is 11.3. The molecule has 3 rings (SSSR count). The van der Waals surface area contributed by atoms with Gasteiger partial charge >= 0.3 is 0 Å². The van der Waals surface area contributed by atoms with E-state index in [0.717, 1.165) is 24.9 Å². The number of amides is 1. The molecule has 2 nitrogen and oxygen atoms in total. The molecule has 2 heteroatoms. The van der Waals surface area contributed by atoms with Gasteiger partial charge < -0.3 is 5.32 Å². The molecule has 1 unspecified atom stereocenters. The Morgan fingerprint density at radius 3 is 2.72 bits per heavy atom. The maximum absolute atomic E-state index is 12.0. The van der Waals surface area contributed by atoms with E-state index in [1.54, 1.807) is 0 Å². The van der Waals surface area contributed by atoms with Crippen LogP contribution >= 0.6 is 0 Å². The molecule has 18 heavy (non-hydrogen) atoms. The van der Waals surface area contributed by atoms with E-state index in [4.69, 9.17) is 0 Å². The number of benzene rings is 1. The highest BCUT2D eigenvalue weighted by Gasteiger charge is 2.28. The summed E-state index contributed by atoms with van der Waals surface area (Å²) in [6.07, 6.45) is 4.74. The van der Waals surface area contributed by atoms with Crippen molar-refractivity contribution in [1.82, 2.24) is 5.32 Å². The molecule has 0 radical (unpaired) electrons. The van der Waals surface area contributed by atoms with Crippen molar-refractivity contribution in [3.8, 4) is 0 Å². The molecule has 0 fully saturated rings. The molecule has 1 heterocycles. The van der Waals surface area contributed by atoms with Crippen LogP contribution in [0.15, 0.2) is 12.1 Å². The fourth-order valence-electron chi connectivity index (χ4n) is 3.38. The summed E-state index contributed by atoms with van der Waals surface area (Å²) >= 11 is 0. The van der Waals surface area contributed by atoms with Crippen LogP contribution in [0.3, 0.4) is 0 Å². The third-order valence-electron chi connectivity index (χ3n) is 4.21. The second-order valence-electron chi connectivity index (χ2n) is 6.10. The predicted octanol–water partition coefficient (Wildman–Crippen LogP) is 3.05. The van der Waals surface area contributed by atoms with E-state index in [2.05, 4.69) is 31.3 Å². The minimum Gasteiger partial charge on any atom is -0.351 e. The molecule has 2 aliphatic rings. The van der Waals surface area contributed by atoms with Crippen LogP contribution < -0.4 is 5.32 Å². The van der Waals surface area contributed by atoms with Gasteiger partial charge in [-0.3, -0.25) is 4.79 Å². The van der Waals surface area contributed by atoms with Gasteiger partial charge in [0.25, 0.3) is 5.91 Å². The first-order valence-electron chi connectivity index (χ1n) is 7.09. The lowest BCUT2D eigenvalue weighted by Gasteiger charge is -2.28. The molecule has 1 aliphatic heterocycles. The van der Waals surface area contributed by atoms with Crippen LogP contribution in [-0.2, 0) is 12.8 Å². The molecule has 1 aromatic carbocycles. The van der Waals surface area contributed by atoms with Crippen molar-refractivity contribution in [3.05, 3.63) is 34.4 Å². The third kappa shape index (κ3) is 1.94. The summed E-state index contributed by atoms with van der Waals surface area (Å²) in [4.78, 5) is 12.0. The van der Waals surface area contributed by atoms with Gasteiger partial charge in [0.2, 0.25) is 0 Å². The molecular formula is C16H21NO. The molecular weight excluding hydrogens is 222 g/mol. The van der Waals surface area contributed by atoms with Crippen LogP contribution in [0.5, 0.6) is 0 Å². The number of hydrogen-bond acceptors (Lipinski definition) is 1. The summed E-state index contributed by atoms with van der Waals surface area (Å²) in [5.74, 6) is 1.30. The second-order valence-corrected chi connectivity index (χ2v) is 6.10. The number of carbonyl (C=O) groups is 1. The largest absolute Gasteiger partial charge is 0.351 e. The topological polar surface area (TPSA) is 29.1 Å². The van der Waals surface area contributed by atoms with Crippen LogP contribution in [0.2, 0.25) is 0 Å². The van der Waals surface area contributed by atoms with Crippen molar-refractivity contribution in [2.75, 3.05) is 6.54 Å². The highest BCUT2D eigenvalue weighted by molar-refractivity contribution is 5.97. The summed E-state index contributed by atoms with van der Waals surface area (Å²) in [6.45, 7) is 5.32. The zero-order valence-corrected chi connectivity index (χ0v) is 11.3. The van der Waals surface area contributed by atoms with Gasteiger partial charge in [0, 0.05) is 18.0 Å². The Balaban J connectivity index is 2.03. The van der Waals surface area contributed by atoms with Crippen molar-refractivity contribution in [1.29, 1.82) is 0 Å². The van der Waals surface area contributed by atoms with Crippen molar-refractivity contribution in [2.45, 2.75) is 45.4 Å². The third-order valence-corrected chi connectivity index (χ3v) is 4.21. The Bertz CT molecular complexity index is 490. The second kappa shape index (κ2) is 4.42. The highest BCUT2D eigenvalue weighted by Crippen LogP contribution is 2.34. The minimum absolute atomic E-state index is 0.125. The van der Waals surface area contributed by atoms with Crippen LogP contribution in [0.25, 0.3) is 0 Å². The summed E-state index contributed by atoms with van der Waals surface area (Å²) in [6, 6.07) is 4.48. The normalized spacial score (nSPS) is 21.7. The Morgan fingerprint density at radius 2 is 2.00 bits per heavy atom. The molecule has 1 amide bonds. The van der Waals surface area contributed by atoms with Gasteiger partial charge in [-0.1, -0.05) is 19.9 Å². The van der Waals surface area contributed by atoms with Gasteiger partial charge in [0.1, 0.15) is 0 Å². The molecule has 1 atom stereocenters. The van der Waals surface area contributed by atoms with Crippen LogP contribution in [-0.4, -0.2) is 12.5 Å². The van der Waals surface area contributed by atoms with Crippen molar-refractivity contribution >= 4 is 5.91 Å². The van der Waals surface area contributed by atoms with Crippen molar-refractivity contribution in [3.63, 3.8) is 0 Å². The van der Waals surface area contributed by atoms with Gasteiger partial charge in [-0.15, -0.1) is 0 Å². The van der Waals surface area contributed by atoms with E-state index in [0.29, 0.717) is 11.8 Å². The zero-order chi connectivity index (χ0) is 12.7. The number of rotatable bonds is 2. The van der Waals surface area contributed by atoms with Crippen molar-refractivity contribution in [2.24, 2.45) is 5.92 Å². The van der Waals surface area contributed by atoms with Crippen LogP contribution in [0.1, 0.15) is 59.7 Å². The minimum atomic E-state index is 0.125. The molecule has 0 saturated heterocycles. The van der Waals surface area contributed by atoms with E-state index < -0.39 is 0 Å². The first-order chi connectivity index (χ1) is 8.65. The number of aryl methyl sites for hydroxylation is 2. The number of nitrogens with one attached hydrogen (secondary N) is 1. The fraction of sp³-hybridized carbons (Fsp3) is 0.562. The number of fused-ring (bicyclic) bond motifs is 2. The van der Waals surface area contributed by atoms with Crippen molar-refractivity contribution < 1.29 is 4.79 Å². The molecule has 1 aliphatic carbocycles. The molecule has 1 aromatic rings. The summed E-state index contributed by atoms with van der Waals surface area (Å²) in [7, 11) is 0. The highest BCUT2D eigenvalue weighted by atomic mass is 16.1. The summed E-state index contributed by atoms with van der Waals surface area (Å²) < 4.78 is 0. The van der Waals surface area contributed by atoms with Gasteiger partial charge in [-0.25, -0.2) is 0 Å². The Morgan fingerprint density at radius 1 is 1.28 bits per heavy atom. The number of carbonyl (C=O) groups excluding carboxylic acids is 1. The predicted molar refractivity (Wildman–Crippen MR) is 73.0 cm³/mol. The maximum Gasteiger partial charge on any atom is 0.251 e. The van der Waals surface area contributed by atoms with E-state index in [1.165, 1.54) is 29.5 Å². The summed E-state index contributed by atoms with van der Waals surface area (Å²) in [5.41, 5.74) is 5.12. The lowest BCUT2D eigenvalue weighted by atomic mass is 9.83. The van der Waals surface area contributed by atoms with Gasteiger partial charge in [0.05, 0.1) is 0 Å². The quantitative estimate of drug-likeness (QED) is 0.850. The van der Waals surface area contributed by atoms with Crippen LogP contribution in [0.4, 0.5) is 0 Å². The SMILES string of the molecule is CC(C)CC1CNC(=O)c2cc3c(cc21)CCC3. The average Bonchev–Trinajstić information content (AvgIpc) is 2.78. The monoisotopic (exact) mass is 243 g/mol. The molecule has 0 saturated carbocycles. The summed E-state index contributed by atoms with van der Waals surface area (Å²) in [5, 5.41) is 3.05. The smallest absolute Gasteiger partial charge is 0.251 e. The molecule has 0 aromatic heterocycles. The number of hydrogen-bond donors (Lipinski definition) is 1. The first kappa shape index (κ1) is 11.8. The van der Waals surface area contributed by atoms with Gasteiger partial charge in [-0.2, -0.15) is 0 Å². The lowest BCUT2D eigenvalue weighted by molar-refractivity contribution is 0.0938. The van der Waals surface area contributed by atoms with E-state index in [9.17, 15) is 4.79 Å². The molecule has 0 bridgehead atoms. The molecule has 0 spiro atoms. The standard InChI is InChI=1S/C16H21NO/c1-10(2)6-13-9-17-16(18)15-8-12-5-3-4-11(12)7-14(13)15/h7-8,10,13H,3-6,9H2,1-2H3,(H,17,18). The maximum atomic E-state index is 12.0. The average molecular weight is 243 g/mol. The van der Waals surface area contributed by atoms with Gasteiger partial charge in [0.15, 0.2) is 0 Å². The van der Waals surface area contributed by atoms with E-state index >= 15 is 0 Å². The molecule has 1 N–H and O–H groups in total. The lowest BCUT2D eigenvalue weighted by Crippen LogP contribution is -2.35. The van der Waals surface area contributed by atoms with Crippen LogP contribution in [0, 0.1) is 5.92 Å². The van der Waals surface area contributed by atoms with E-state index in [-0.39, 0.29) is 5.91 Å². The van der Waals surface area contributed by atoms with E-state index in [1.807, 2.05) is 0 Å². The Labute approximate surface area is 109 Å². The fourth-order valence-corrected chi connectivity index (χ4v) is 3.38. The Hall–Kier alpha value is -1.31. The molecule has 96 valence electrons.